The van der Waals surface area contributed by atoms with Crippen LogP contribution < -0.4 is 4.90 Å². The molecule has 2 saturated heterocycles. The number of rotatable bonds is 5. The van der Waals surface area contributed by atoms with E-state index in [4.69, 9.17) is 0 Å². The molecule has 0 bridgehead atoms. The predicted octanol–water partition coefficient (Wildman–Crippen LogP) is 2.01. The molecule has 132 valence electrons. The van der Waals surface area contributed by atoms with Crippen LogP contribution in [0, 0.1) is 11.8 Å². The van der Waals surface area contributed by atoms with Crippen molar-refractivity contribution in [3.63, 3.8) is 0 Å². The summed E-state index contributed by atoms with van der Waals surface area (Å²) in [6.07, 6.45) is 9.63. The standard InChI is InChI=1S/C19H26N6/c1-3-15(4-1)18-9-19(21-14-20-18)24-12-16-10-23(11-17(16)13-24)7-8-25-6-2-5-22-25/h2,5-6,9,14-17H,1,3-4,7-8,10-13H2. The predicted molar refractivity (Wildman–Crippen MR) is 96.5 cm³/mol. The Hall–Kier alpha value is -1.95. The highest BCUT2D eigenvalue weighted by atomic mass is 15.3. The van der Waals surface area contributed by atoms with Crippen molar-refractivity contribution in [1.29, 1.82) is 0 Å². The summed E-state index contributed by atoms with van der Waals surface area (Å²) in [6, 6.07) is 4.25. The summed E-state index contributed by atoms with van der Waals surface area (Å²) in [7, 11) is 0. The van der Waals surface area contributed by atoms with Crippen LogP contribution in [0.4, 0.5) is 5.82 Å². The molecule has 1 saturated carbocycles. The Bertz CT molecular complexity index is 696. The molecular formula is C19H26N6. The number of likely N-dealkylation sites (tertiary alicyclic amines) is 1. The van der Waals surface area contributed by atoms with Crippen molar-refractivity contribution in [2.24, 2.45) is 11.8 Å². The second kappa shape index (κ2) is 6.41. The summed E-state index contributed by atoms with van der Waals surface area (Å²) >= 11 is 0. The molecule has 0 spiro atoms. The van der Waals surface area contributed by atoms with Gasteiger partial charge in [-0.2, -0.15) is 5.10 Å². The van der Waals surface area contributed by atoms with Gasteiger partial charge in [-0.25, -0.2) is 9.97 Å². The van der Waals surface area contributed by atoms with E-state index in [1.165, 1.54) is 38.0 Å². The molecule has 5 rings (SSSR count). The Morgan fingerprint density at radius 3 is 2.52 bits per heavy atom. The average molecular weight is 338 g/mol. The lowest BCUT2D eigenvalue weighted by Gasteiger charge is -2.26. The second-order valence-electron chi connectivity index (χ2n) is 7.88. The Morgan fingerprint density at radius 2 is 1.84 bits per heavy atom. The highest BCUT2D eigenvalue weighted by Crippen LogP contribution is 2.37. The maximum Gasteiger partial charge on any atom is 0.132 e. The summed E-state index contributed by atoms with van der Waals surface area (Å²) < 4.78 is 2.03. The van der Waals surface area contributed by atoms with Gasteiger partial charge < -0.3 is 9.80 Å². The first-order valence-electron chi connectivity index (χ1n) is 9.62. The van der Waals surface area contributed by atoms with Crippen LogP contribution in [-0.4, -0.2) is 57.4 Å². The van der Waals surface area contributed by atoms with Gasteiger partial charge in [-0.3, -0.25) is 4.68 Å². The first kappa shape index (κ1) is 15.3. The van der Waals surface area contributed by atoms with E-state index < -0.39 is 0 Å². The number of aromatic nitrogens is 4. The van der Waals surface area contributed by atoms with Crippen molar-refractivity contribution in [3.8, 4) is 0 Å². The van der Waals surface area contributed by atoms with Gasteiger partial charge in [0.25, 0.3) is 0 Å². The van der Waals surface area contributed by atoms with Gasteiger partial charge >= 0.3 is 0 Å². The van der Waals surface area contributed by atoms with Crippen LogP contribution in [0.15, 0.2) is 30.9 Å². The SMILES string of the molecule is c1cnn(CCN2CC3CN(c4cc(C5CCC5)ncn4)CC3C2)c1. The number of nitrogens with zero attached hydrogens (tertiary/aromatic N) is 6. The van der Waals surface area contributed by atoms with Crippen molar-refractivity contribution in [1.82, 2.24) is 24.6 Å². The van der Waals surface area contributed by atoms with Gasteiger partial charge in [0, 0.05) is 62.8 Å². The topological polar surface area (TPSA) is 50.1 Å². The summed E-state index contributed by atoms with van der Waals surface area (Å²) in [5.74, 6) is 3.38. The van der Waals surface area contributed by atoms with Crippen molar-refractivity contribution in [3.05, 3.63) is 36.5 Å². The summed E-state index contributed by atoms with van der Waals surface area (Å²) in [5, 5.41) is 4.30. The van der Waals surface area contributed by atoms with E-state index >= 15 is 0 Å². The van der Waals surface area contributed by atoms with E-state index in [1.54, 1.807) is 6.33 Å². The maximum atomic E-state index is 4.57. The van der Waals surface area contributed by atoms with Crippen molar-refractivity contribution in [2.45, 2.75) is 31.7 Å². The average Bonchev–Trinajstić information content (AvgIpc) is 3.27. The zero-order chi connectivity index (χ0) is 16.6. The van der Waals surface area contributed by atoms with Crippen LogP contribution in [0.25, 0.3) is 0 Å². The van der Waals surface area contributed by atoms with Crippen LogP contribution in [-0.2, 0) is 6.54 Å². The monoisotopic (exact) mass is 338 g/mol. The first-order valence-corrected chi connectivity index (χ1v) is 9.62. The molecule has 3 fully saturated rings. The minimum Gasteiger partial charge on any atom is -0.356 e. The van der Waals surface area contributed by atoms with Crippen molar-refractivity contribution in [2.75, 3.05) is 37.6 Å². The smallest absolute Gasteiger partial charge is 0.132 e. The lowest BCUT2D eigenvalue weighted by Crippen LogP contribution is -2.31. The summed E-state index contributed by atoms with van der Waals surface area (Å²) in [4.78, 5) is 14.2. The van der Waals surface area contributed by atoms with Crippen LogP contribution in [0.2, 0.25) is 0 Å². The lowest BCUT2D eigenvalue weighted by atomic mass is 9.83. The molecule has 3 aliphatic rings. The van der Waals surface area contributed by atoms with Gasteiger partial charge in [0.2, 0.25) is 0 Å². The van der Waals surface area contributed by atoms with Gasteiger partial charge in [0.15, 0.2) is 0 Å². The minimum atomic E-state index is 0.682. The zero-order valence-corrected chi connectivity index (χ0v) is 14.7. The molecule has 6 heteroatoms. The van der Waals surface area contributed by atoms with Crippen LogP contribution >= 0.6 is 0 Å². The van der Waals surface area contributed by atoms with Crippen molar-refractivity contribution >= 4 is 5.82 Å². The second-order valence-corrected chi connectivity index (χ2v) is 7.88. The molecule has 1 aliphatic carbocycles. The quantitative estimate of drug-likeness (QED) is 0.835. The van der Waals surface area contributed by atoms with E-state index in [2.05, 4.69) is 30.9 Å². The van der Waals surface area contributed by atoms with E-state index in [0.29, 0.717) is 5.92 Å². The molecule has 2 aromatic heterocycles. The number of hydrogen-bond acceptors (Lipinski definition) is 5. The third kappa shape index (κ3) is 3.03. The molecule has 2 aliphatic heterocycles. The van der Waals surface area contributed by atoms with E-state index in [0.717, 1.165) is 43.8 Å². The van der Waals surface area contributed by atoms with Crippen LogP contribution in [0.3, 0.4) is 0 Å². The Balaban J connectivity index is 1.18. The third-order valence-corrected chi connectivity index (χ3v) is 6.29. The van der Waals surface area contributed by atoms with Gasteiger partial charge in [-0.05, 0) is 30.7 Å². The van der Waals surface area contributed by atoms with Crippen LogP contribution in [0.5, 0.6) is 0 Å². The lowest BCUT2D eigenvalue weighted by molar-refractivity contribution is 0.296. The zero-order valence-electron chi connectivity index (χ0n) is 14.7. The highest BCUT2D eigenvalue weighted by molar-refractivity contribution is 5.42. The van der Waals surface area contributed by atoms with Gasteiger partial charge in [-0.15, -0.1) is 0 Å². The van der Waals surface area contributed by atoms with Gasteiger partial charge in [-0.1, -0.05) is 6.42 Å². The highest BCUT2D eigenvalue weighted by Gasteiger charge is 2.40. The molecular weight excluding hydrogens is 312 g/mol. The minimum absolute atomic E-state index is 0.682. The normalized spacial score (nSPS) is 26.8. The van der Waals surface area contributed by atoms with E-state index in [-0.39, 0.29) is 0 Å². The first-order chi connectivity index (χ1) is 12.3. The molecule has 25 heavy (non-hydrogen) atoms. The third-order valence-electron chi connectivity index (χ3n) is 6.29. The fourth-order valence-corrected chi connectivity index (χ4v) is 4.60. The molecule has 2 unspecified atom stereocenters. The number of anilines is 1. The molecule has 6 nitrogen and oxygen atoms in total. The maximum absolute atomic E-state index is 4.57. The Kier molecular flexibility index (Phi) is 3.93. The van der Waals surface area contributed by atoms with E-state index in [1.807, 2.05) is 23.1 Å². The fraction of sp³-hybridized carbons (Fsp3) is 0.632. The van der Waals surface area contributed by atoms with Crippen molar-refractivity contribution < 1.29 is 0 Å². The summed E-state index contributed by atoms with van der Waals surface area (Å²) in [6.45, 7) is 6.81. The molecule has 0 amide bonds. The van der Waals surface area contributed by atoms with Crippen LogP contribution in [0.1, 0.15) is 30.9 Å². The molecule has 2 aromatic rings. The van der Waals surface area contributed by atoms with Gasteiger partial charge in [0.05, 0.1) is 6.54 Å². The number of fused-ring (bicyclic) bond motifs is 1. The fourth-order valence-electron chi connectivity index (χ4n) is 4.60. The Morgan fingerprint density at radius 1 is 1.00 bits per heavy atom. The molecule has 2 atom stereocenters. The molecule has 0 aromatic carbocycles. The molecule has 4 heterocycles. The largest absolute Gasteiger partial charge is 0.356 e. The summed E-state index contributed by atoms with van der Waals surface area (Å²) in [5.41, 5.74) is 1.26. The van der Waals surface area contributed by atoms with Gasteiger partial charge in [0.1, 0.15) is 12.1 Å². The number of hydrogen-bond donors (Lipinski definition) is 0. The Labute approximate surface area is 148 Å². The molecule has 0 N–H and O–H groups in total. The molecule has 0 radical (unpaired) electrons. The van der Waals surface area contributed by atoms with E-state index in [9.17, 15) is 0 Å².